The number of nitrogens with one attached hydrogen (secondary N) is 8. The van der Waals surface area contributed by atoms with Gasteiger partial charge in [0.2, 0.25) is 82.7 Å². The largest absolute Gasteiger partial charge is 0.508 e. The van der Waals surface area contributed by atoms with Crippen LogP contribution in [0.1, 0.15) is 148 Å². The van der Waals surface area contributed by atoms with E-state index >= 15 is 0 Å². The van der Waals surface area contributed by atoms with Crippen LogP contribution < -0.4 is 71.2 Å². The fourth-order valence-electron chi connectivity index (χ4n) is 9.74. The van der Waals surface area contributed by atoms with Crippen molar-refractivity contribution in [3.05, 3.63) is 29.8 Å². The van der Waals surface area contributed by atoms with E-state index in [2.05, 4.69) is 56.4 Å². The molecule has 2 unspecified atom stereocenters. The van der Waals surface area contributed by atoms with Crippen LogP contribution in [0.15, 0.2) is 24.3 Å². The summed E-state index contributed by atoms with van der Waals surface area (Å²) < 4.78 is 0. The smallest absolute Gasteiger partial charge is 0.245 e. The predicted molar refractivity (Wildman–Crippen MR) is 303 cm³/mol. The lowest BCUT2D eigenvalue weighted by Crippen LogP contribution is -2.61. The van der Waals surface area contributed by atoms with Crippen molar-refractivity contribution in [1.82, 2.24) is 47.4 Å². The number of nitrogens with two attached hydrogens (primary N) is 5. The van der Waals surface area contributed by atoms with Crippen LogP contribution in [0, 0.1) is 5.92 Å². The fraction of sp³-hybridized carbons (Fsp3) is 0.636. The van der Waals surface area contributed by atoms with E-state index in [1.165, 1.54) is 24.3 Å². The molecule has 14 amide bonds. The average Bonchev–Trinajstić information content (AvgIpc) is 4.17. The monoisotopic (exact) mass is 1200 g/mol. The summed E-state index contributed by atoms with van der Waals surface area (Å²) >= 11 is 0. The normalized spacial score (nSPS) is 24.1. The number of phenolic OH excluding ortho intramolecular Hbond substituents is 1. The molecule has 20 N–H and O–H groups in total. The Morgan fingerprint density at radius 3 is 1.44 bits per heavy atom. The van der Waals surface area contributed by atoms with Gasteiger partial charge in [-0.25, -0.2) is 0 Å². The molecule has 10 atom stereocenters. The summed E-state index contributed by atoms with van der Waals surface area (Å²) in [5.74, 6) is -15.2. The number of primary amides is 5. The highest BCUT2D eigenvalue weighted by Gasteiger charge is 2.41. The predicted octanol–water partition coefficient (Wildman–Crippen LogP) is -4.09. The molecule has 472 valence electrons. The maximum absolute atomic E-state index is 14.5. The first-order valence-electron chi connectivity index (χ1n) is 28.7. The SMILES string of the molecule is CCC(C)CCCCCCCCCCC1CC(=O)N[C@@H](CC(N)=O)C(=O)N[C@@H](CCC(N)=O)C(=O)N2CCC[C@H]2C(=O)N[C@H](Cc2ccc(O)cc2)C(=O)N[C@H](CC(N)=O)C(=O)N[C@H](CC(N)=O)C(=O)N[C@H](CO)C(=O)N[C@@H](CC(N)=O)C(=O)N1. The molecule has 2 fully saturated rings. The number of carbonyl (C=O) groups excluding carboxylic acids is 14. The second-order valence-electron chi connectivity index (χ2n) is 21.7. The van der Waals surface area contributed by atoms with Gasteiger partial charge >= 0.3 is 0 Å². The maximum Gasteiger partial charge on any atom is 0.245 e. The lowest BCUT2D eigenvalue weighted by molar-refractivity contribution is -0.143. The Morgan fingerprint density at radius 2 is 0.953 bits per heavy atom. The molecule has 1 aromatic carbocycles. The number of phenols is 1. The van der Waals surface area contributed by atoms with Crippen LogP contribution in [-0.2, 0) is 73.5 Å². The number of aliphatic hydroxyl groups is 1. The fourth-order valence-corrected chi connectivity index (χ4v) is 9.74. The second kappa shape index (κ2) is 36.3. The maximum atomic E-state index is 14.5. The van der Waals surface area contributed by atoms with Crippen molar-refractivity contribution >= 4 is 82.7 Å². The van der Waals surface area contributed by atoms with E-state index in [1.807, 2.05) is 0 Å². The summed E-state index contributed by atoms with van der Waals surface area (Å²) in [5.41, 5.74) is 27.7. The zero-order valence-electron chi connectivity index (χ0n) is 48.3. The van der Waals surface area contributed by atoms with Gasteiger partial charge in [0, 0.05) is 31.8 Å². The minimum Gasteiger partial charge on any atom is -0.508 e. The van der Waals surface area contributed by atoms with Gasteiger partial charge in [-0.05, 0) is 49.3 Å². The van der Waals surface area contributed by atoms with Crippen molar-refractivity contribution in [3.63, 3.8) is 0 Å². The highest BCUT2D eigenvalue weighted by atomic mass is 16.3. The van der Waals surface area contributed by atoms with Crippen molar-refractivity contribution in [2.24, 2.45) is 34.6 Å². The minimum absolute atomic E-state index is 0.0175. The van der Waals surface area contributed by atoms with Crippen molar-refractivity contribution in [2.75, 3.05) is 13.2 Å². The molecule has 0 saturated carbocycles. The third-order valence-corrected chi connectivity index (χ3v) is 14.6. The number of amides is 14. The van der Waals surface area contributed by atoms with E-state index in [0.29, 0.717) is 24.3 Å². The van der Waals surface area contributed by atoms with Gasteiger partial charge in [0.25, 0.3) is 0 Å². The summed E-state index contributed by atoms with van der Waals surface area (Å²) in [5, 5.41) is 39.1. The number of benzene rings is 1. The van der Waals surface area contributed by atoms with Crippen LogP contribution in [0.25, 0.3) is 0 Å². The van der Waals surface area contributed by atoms with E-state index in [0.717, 1.165) is 56.3 Å². The molecular formula is C55H86N14O16. The lowest BCUT2D eigenvalue weighted by atomic mass is 9.99. The van der Waals surface area contributed by atoms with Crippen molar-refractivity contribution in [1.29, 1.82) is 0 Å². The third kappa shape index (κ3) is 25.9. The number of unbranched alkanes of at least 4 members (excludes halogenated alkanes) is 7. The molecule has 0 aliphatic carbocycles. The van der Waals surface area contributed by atoms with Crippen LogP contribution >= 0.6 is 0 Å². The molecule has 30 heteroatoms. The van der Waals surface area contributed by atoms with Crippen molar-refractivity contribution in [3.8, 4) is 5.75 Å². The zero-order chi connectivity index (χ0) is 63.3. The van der Waals surface area contributed by atoms with Gasteiger partial charge in [-0.1, -0.05) is 90.2 Å². The molecule has 0 aromatic heterocycles. The number of aromatic hydroxyl groups is 1. The minimum atomic E-state index is -2.00. The number of nitrogens with zero attached hydrogens (tertiary/aromatic N) is 1. The molecule has 2 heterocycles. The van der Waals surface area contributed by atoms with Crippen LogP contribution in [0.3, 0.4) is 0 Å². The molecule has 1 aromatic rings. The Bertz CT molecular complexity index is 2530. The Kier molecular flexibility index (Phi) is 30.3. The standard InChI is InChI=1S/C55H86N14O16/c1-3-30(2)13-10-8-6-4-5-7-9-11-14-32-24-47(77)62-36(25-43(57)73)50(80)63-34(20-21-42(56)72)55(85)69-22-12-15-41(69)54(84)67-35(23-31-16-18-33(71)19-17-31)49(79)64-38(27-45(59)75)51(81)65-39(28-46(60)76)52(82)68-40(29-70)53(83)66-37(26-44(58)74)48(78)61-32/h16-19,30,32,34-41,70-71H,3-15,20-29H2,1-2H3,(H2,56,72)(H2,57,73)(H2,58,74)(H2,59,75)(H2,60,76)(H,61,78)(H,62,77)(H,63,80)(H,64,79)(H,65,81)(H,66,83)(H,67,84)(H,68,82)/t30?,32?,34-,35+,36-,37-,38+,39+,40+,41-/m0/s1. The Morgan fingerprint density at radius 1 is 0.529 bits per heavy atom. The number of hydrogen-bond acceptors (Lipinski definition) is 16. The quantitative estimate of drug-likeness (QED) is 0.0392. The first kappa shape index (κ1) is 70.8. The topological polar surface area (TPSA) is 509 Å². The molecule has 2 saturated heterocycles. The van der Waals surface area contributed by atoms with Crippen LogP contribution in [0.2, 0.25) is 0 Å². The molecule has 0 spiro atoms. The summed E-state index contributed by atoms with van der Waals surface area (Å²) in [4.78, 5) is 190. The second-order valence-corrected chi connectivity index (χ2v) is 21.7. The average molecular weight is 1200 g/mol. The number of fused-ring (bicyclic) bond motifs is 1. The van der Waals surface area contributed by atoms with E-state index in [4.69, 9.17) is 28.7 Å². The van der Waals surface area contributed by atoms with Crippen LogP contribution in [0.4, 0.5) is 0 Å². The molecule has 0 bridgehead atoms. The summed E-state index contributed by atoms with van der Waals surface area (Å²) in [6.45, 7) is 3.07. The van der Waals surface area contributed by atoms with Crippen LogP contribution in [0.5, 0.6) is 5.75 Å². The van der Waals surface area contributed by atoms with Gasteiger partial charge in [0.15, 0.2) is 0 Å². The van der Waals surface area contributed by atoms with Crippen molar-refractivity contribution < 1.29 is 77.3 Å². The van der Waals surface area contributed by atoms with E-state index in [1.54, 1.807) is 0 Å². The van der Waals surface area contributed by atoms with E-state index in [-0.39, 0.29) is 38.0 Å². The molecular weight excluding hydrogens is 1110 g/mol. The van der Waals surface area contributed by atoms with Gasteiger partial charge in [0.05, 0.1) is 32.3 Å². The van der Waals surface area contributed by atoms with Gasteiger partial charge in [-0.2, -0.15) is 0 Å². The Hall–Kier alpha value is -8.44. The van der Waals surface area contributed by atoms with Gasteiger partial charge in [0.1, 0.15) is 54.1 Å². The number of rotatable bonds is 26. The van der Waals surface area contributed by atoms with E-state index in [9.17, 15) is 77.3 Å². The summed E-state index contributed by atoms with van der Waals surface area (Å²) in [6.07, 6.45) is 4.04. The summed E-state index contributed by atoms with van der Waals surface area (Å²) in [6, 6.07) is -10.0. The van der Waals surface area contributed by atoms with E-state index < -0.39 is 189 Å². The number of hydrogen-bond donors (Lipinski definition) is 15. The third-order valence-electron chi connectivity index (χ3n) is 14.6. The first-order chi connectivity index (χ1) is 40.2. The highest BCUT2D eigenvalue weighted by Crippen LogP contribution is 2.22. The molecule has 2 aliphatic heterocycles. The highest BCUT2D eigenvalue weighted by molar-refractivity contribution is 6.01. The van der Waals surface area contributed by atoms with Gasteiger partial charge in [-0.3, -0.25) is 67.1 Å². The molecule has 30 nitrogen and oxygen atoms in total. The zero-order valence-corrected chi connectivity index (χ0v) is 48.3. The Balaban J connectivity index is 2.15. The van der Waals surface area contributed by atoms with Gasteiger partial charge in [-0.15, -0.1) is 0 Å². The molecule has 0 radical (unpaired) electrons. The Labute approximate surface area is 492 Å². The summed E-state index contributed by atoms with van der Waals surface area (Å²) in [7, 11) is 0. The van der Waals surface area contributed by atoms with Crippen LogP contribution in [-0.4, -0.2) is 165 Å². The molecule has 3 rings (SSSR count). The first-order valence-corrected chi connectivity index (χ1v) is 28.7. The molecule has 2 aliphatic rings. The molecule has 85 heavy (non-hydrogen) atoms. The lowest BCUT2D eigenvalue weighted by Gasteiger charge is -2.31. The number of carbonyl (C=O) groups is 14. The number of aliphatic hydroxyl groups excluding tert-OH is 1. The van der Waals surface area contributed by atoms with Crippen molar-refractivity contribution in [2.45, 2.75) is 203 Å². The van der Waals surface area contributed by atoms with Gasteiger partial charge < -0.3 is 86.3 Å².